The summed E-state index contributed by atoms with van der Waals surface area (Å²) in [5.41, 5.74) is 29.2. The Hall–Kier alpha value is -8.40. The number of para-hydroxylation sites is 2. The van der Waals surface area contributed by atoms with Crippen molar-refractivity contribution < 1.29 is 8.83 Å². The minimum Gasteiger partial charge on any atom is -0.455 e. The molecule has 2 aromatic heterocycles. The van der Waals surface area contributed by atoms with Gasteiger partial charge in [-0.3, -0.25) is 0 Å². The minimum atomic E-state index is -0.329. The van der Waals surface area contributed by atoms with Crippen LogP contribution < -0.4 is 4.90 Å². The third-order valence-corrected chi connectivity index (χ3v) is 17.4. The highest BCUT2D eigenvalue weighted by Crippen LogP contribution is 2.64. The largest absolute Gasteiger partial charge is 0.455 e. The van der Waals surface area contributed by atoms with Crippen molar-refractivity contribution in [2.45, 2.75) is 71.6 Å². The molecular formula is C71H55NO2. The molecule has 10 aromatic carbocycles. The number of furan rings is 2. The van der Waals surface area contributed by atoms with Gasteiger partial charge in [0.05, 0.1) is 0 Å². The molecule has 12 aromatic rings. The van der Waals surface area contributed by atoms with Crippen LogP contribution in [0.3, 0.4) is 0 Å². The summed E-state index contributed by atoms with van der Waals surface area (Å²) >= 11 is 0. The molecule has 3 aliphatic carbocycles. The maximum Gasteiger partial charge on any atom is 0.144 e. The summed E-state index contributed by atoms with van der Waals surface area (Å²) < 4.78 is 13.9. The van der Waals surface area contributed by atoms with Gasteiger partial charge in [0.2, 0.25) is 0 Å². The Morgan fingerprint density at radius 3 is 1.51 bits per heavy atom. The predicted molar refractivity (Wildman–Crippen MR) is 309 cm³/mol. The van der Waals surface area contributed by atoms with E-state index in [1.165, 1.54) is 105 Å². The van der Waals surface area contributed by atoms with Crippen LogP contribution in [0, 0.1) is 13.8 Å². The molecule has 0 fully saturated rings. The molecule has 3 heteroatoms. The Balaban J connectivity index is 0.925. The maximum atomic E-state index is 7.01. The highest BCUT2D eigenvalue weighted by atomic mass is 16.3. The average molecular weight is 954 g/mol. The molecule has 0 bridgehead atoms. The topological polar surface area (TPSA) is 29.5 Å². The number of hydrogen-bond donors (Lipinski definition) is 0. The van der Waals surface area contributed by atoms with E-state index in [0.717, 1.165) is 55.9 Å². The number of benzene rings is 10. The first kappa shape index (κ1) is 43.2. The van der Waals surface area contributed by atoms with Gasteiger partial charge in [-0.2, -0.15) is 0 Å². The fraction of sp³-hybridized carbons (Fsp3) is 0.155. The molecule has 3 aliphatic rings. The van der Waals surface area contributed by atoms with Crippen molar-refractivity contribution in [1.82, 2.24) is 0 Å². The van der Waals surface area contributed by atoms with Gasteiger partial charge in [-0.15, -0.1) is 0 Å². The number of hydrogen-bond acceptors (Lipinski definition) is 3. The third-order valence-electron chi connectivity index (χ3n) is 17.4. The number of rotatable bonds is 5. The summed E-state index contributed by atoms with van der Waals surface area (Å²) in [7, 11) is 0. The van der Waals surface area contributed by atoms with Gasteiger partial charge in [0.1, 0.15) is 22.3 Å². The molecule has 356 valence electrons. The zero-order valence-electron chi connectivity index (χ0n) is 43.2. The Morgan fingerprint density at radius 1 is 0.338 bits per heavy atom. The molecule has 0 unspecified atom stereocenters. The van der Waals surface area contributed by atoms with E-state index in [4.69, 9.17) is 8.83 Å². The fourth-order valence-electron chi connectivity index (χ4n) is 14.1. The summed E-state index contributed by atoms with van der Waals surface area (Å²) in [6, 6.07) is 69.7. The van der Waals surface area contributed by atoms with Gasteiger partial charge in [0, 0.05) is 66.0 Å². The zero-order valence-corrected chi connectivity index (χ0v) is 43.2. The first-order valence-electron chi connectivity index (χ1n) is 26.2. The number of anilines is 3. The lowest BCUT2D eigenvalue weighted by molar-refractivity contribution is 0.600. The van der Waals surface area contributed by atoms with Gasteiger partial charge in [0.15, 0.2) is 0 Å². The molecule has 0 aliphatic heterocycles. The van der Waals surface area contributed by atoms with Crippen LogP contribution in [0.15, 0.2) is 197 Å². The lowest BCUT2D eigenvalue weighted by Gasteiger charge is -2.32. The molecule has 3 nitrogen and oxygen atoms in total. The van der Waals surface area contributed by atoms with Crippen molar-refractivity contribution in [3.05, 3.63) is 233 Å². The Kier molecular flexibility index (Phi) is 8.68. The third kappa shape index (κ3) is 5.73. The van der Waals surface area contributed by atoms with Gasteiger partial charge >= 0.3 is 0 Å². The highest BCUT2D eigenvalue weighted by molar-refractivity contribution is 6.21. The lowest BCUT2D eigenvalue weighted by Crippen LogP contribution is -2.24. The summed E-state index contributed by atoms with van der Waals surface area (Å²) in [6.45, 7) is 19.0. The Labute approximate surface area is 432 Å². The number of nitrogens with zero attached hydrogens (tertiary/aromatic N) is 1. The summed E-state index contributed by atoms with van der Waals surface area (Å²) in [6.07, 6.45) is 0. The first-order chi connectivity index (χ1) is 35.8. The first-order valence-corrected chi connectivity index (χ1v) is 26.2. The Bertz CT molecular complexity index is 4380. The van der Waals surface area contributed by atoms with Gasteiger partial charge in [-0.05, 0) is 157 Å². The van der Waals surface area contributed by atoms with E-state index in [0.29, 0.717) is 0 Å². The molecule has 2 heterocycles. The van der Waals surface area contributed by atoms with Gasteiger partial charge in [-0.1, -0.05) is 175 Å². The Morgan fingerprint density at radius 2 is 0.838 bits per heavy atom. The van der Waals surface area contributed by atoms with Crippen molar-refractivity contribution in [3.63, 3.8) is 0 Å². The minimum absolute atomic E-state index is 0.229. The summed E-state index contributed by atoms with van der Waals surface area (Å²) in [4.78, 5) is 2.51. The van der Waals surface area contributed by atoms with Crippen molar-refractivity contribution in [3.8, 4) is 55.6 Å². The normalized spacial score (nSPS) is 15.1. The van der Waals surface area contributed by atoms with E-state index in [1.807, 2.05) is 0 Å². The van der Waals surface area contributed by atoms with Gasteiger partial charge < -0.3 is 13.7 Å². The van der Waals surface area contributed by atoms with Crippen molar-refractivity contribution in [1.29, 1.82) is 0 Å². The van der Waals surface area contributed by atoms with Crippen LogP contribution in [0.5, 0.6) is 0 Å². The molecule has 15 rings (SSSR count). The van der Waals surface area contributed by atoms with Crippen LogP contribution >= 0.6 is 0 Å². The van der Waals surface area contributed by atoms with Crippen molar-refractivity contribution in [2.75, 3.05) is 4.90 Å². The second kappa shape index (κ2) is 14.9. The highest BCUT2D eigenvalue weighted by Gasteiger charge is 2.49. The molecule has 0 atom stereocenters. The monoisotopic (exact) mass is 953 g/mol. The van der Waals surface area contributed by atoms with E-state index in [2.05, 4.69) is 248 Å². The van der Waals surface area contributed by atoms with Crippen LogP contribution in [0.4, 0.5) is 17.1 Å². The zero-order chi connectivity index (χ0) is 50.2. The van der Waals surface area contributed by atoms with Crippen LogP contribution in [-0.2, 0) is 16.2 Å². The molecule has 0 saturated carbocycles. The second-order valence-electron chi connectivity index (χ2n) is 23.0. The van der Waals surface area contributed by atoms with Gasteiger partial charge in [-0.25, -0.2) is 0 Å². The summed E-state index contributed by atoms with van der Waals surface area (Å²) in [5.74, 6) is 0. The quantitative estimate of drug-likeness (QED) is 0.172. The van der Waals surface area contributed by atoms with Crippen molar-refractivity contribution >= 4 is 60.9 Å². The fourth-order valence-corrected chi connectivity index (χ4v) is 14.1. The number of fused-ring (bicyclic) bond motifs is 19. The SMILES string of the molecule is Cc1cc(C)cc(N(c2ccc3c(c2)C(C)(C)c2cc(-c4ccc(-c5ccccc5)cc4)c4oc5ccccc5c4c2-3)c2ccc3c(c2)C(C)(C)c2c4c(c5oc6ccccc6c5c2-3)-c2ccccc2C4(C)C)c1. The van der Waals surface area contributed by atoms with E-state index in [1.54, 1.807) is 0 Å². The summed E-state index contributed by atoms with van der Waals surface area (Å²) in [5, 5.41) is 4.72. The lowest BCUT2D eigenvalue weighted by atomic mass is 9.72. The van der Waals surface area contributed by atoms with Gasteiger partial charge in [0.25, 0.3) is 0 Å². The molecule has 0 spiro atoms. The van der Waals surface area contributed by atoms with E-state index >= 15 is 0 Å². The predicted octanol–water partition coefficient (Wildman–Crippen LogP) is 19.8. The maximum absolute atomic E-state index is 7.01. The van der Waals surface area contributed by atoms with Crippen LogP contribution in [0.1, 0.15) is 86.1 Å². The van der Waals surface area contributed by atoms with E-state index in [9.17, 15) is 0 Å². The molecule has 0 radical (unpaired) electrons. The van der Waals surface area contributed by atoms with E-state index < -0.39 is 0 Å². The molecule has 74 heavy (non-hydrogen) atoms. The molecule has 0 amide bonds. The molecular weight excluding hydrogens is 899 g/mol. The molecule has 0 saturated heterocycles. The average Bonchev–Trinajstić information content (AvgIpc) is 4.16. The standard InChI is InChI=1S/C71H55NO2/c1-40-34-41(2)36-47(35-40)72(46-31-33-50-56(38-46)71(7,8)65-61(50)63-52-22-14-17-25-59(52)74-68(63)64-48-20-12-15-23-54(48)70(5,6)66(64)65)45-30-32-49-55(37-45)69(3,4)57-39-53(44-28-26-43(27-29-44)42-18-10-9-11-19-42)67-62(60(49)57)51-21-13-16-24-58(51)73-67/h9-39H,1-8H3. The number of aryl methyl sites for hydroxylation is 2. The smallest absolute Gasteiger partial charge is 0.144 e. The van der Waals surface area contributed by atoms with Crippen LogP contribution in [-0.4, -0.2) is 0 Å². The molecule has 0 N–H and O–H groups in total. The second-order valence-corrected chi connectivity index (χ2v) is 23.0. The van der Waals surface area contributed by atoms with Crippen LogP contribution in [0.2, 0.25) is 0 Å². The van der Waals surface area contributed by atoms with E-state index in [-0.39, 0.29) is 16.2 Å². The van der Waals surface area contributed by atoms with Crippen LogP contribution in [0.25, 0.3) is 99.5 Å². The van der Waals surface area contributed by atoms with Crippen molar-refractivity contribution in [2.24, 2.45) is 0 Å².